The smallest absolute Gasteiger partial charge is 0.285 e. The Morgan fingerprint density at radius 1 is 1.21 bits per heavy atom. The van der Waals surface area contributed by atoms with Crippen molar-refractivity contribution in [2.75, 3.05) is 13.2 Å². The number of rotatable bonds is 2. The highest BCUT2D eigenvalue weighted by atomic mass is 16.5. The van der Waals surface area contributed by atoms with E-state index >= 15 is 0 Å². The Hall–Kier alpha value is -1.65. The van der Waals surface area contributed by atoms with Gasteiger partial charge in [-0.1, -0.05) is 13.8 Å². The molecular formula is C14H20N4O. The first-order chi connectivity index (χ1) is 9.25. The number of hydrogen-bond donors (Lipinski definition) is 1. The van der Waals surface area contributed by atoms with E-state index in [-0.39, 0.29) is 6.04 Å². The largest absolute Gasteiger partial charge is 0.463 e. The molecule has 0 bridgehead atoms. The van der Waals surface area contributed by atoms with Crippen molar-refractivity contribution in [3.8, 4) is 0 Å². The third-order valence-corrected chi connectivity index (χ3v) is 3.89. The van der Waals surface area contributed by atoms with Gasteiger partial charge in [0.1, 0.15) is 6.61 Å². The van der Waals surface area contributed by atoms with Crippen molar-refractivity contribution in [1.29, 1.82) is 0 Å². The van der Waals surface area contributed by atoms with Crippen LogP contribution in [0.5, 0.6) is 0 Å². The van der Waals surface area contributed by atoms with Crippen LogP contribution < -0.4 is 5.32 Å². The zero-order valence-corrected chi connectivity index (χ0v) is 11.5. The number of nitrogens with one attached hydrogen (secondary N) is 1. The normalized spacial score (nSPS) is 25.7. The molecule has 0 spiro atoms. The van der Waals surface area contributed by atoms with E-state index < -0.39 is 0 Å². The van der Waals surface area contributed by atoms with E-state index in [1.807, 2.05) is 0 Å². The zero-order valence-electron chi connectivity index (χ0n) is 11.5. The second kappa shape index (κ2) is 5.15. The van der Waals surface area contributed by atoms with Gasteiger partial charge in [-0.05, 0) is 18.8 Å². The minimum Gasteiger partial charge on any atom is -0.463 e. The van der Waals surface area contributed by atoms with E-state index in [1.54, 1.807) is 12.4 Å². The molecule has 1 aliphatic carbocycles. The van der Waals surface area contributed by atoms with Crippen LogP contribution in [0.2, 0.25) is 0 Å². The first kappa shape index (κ1) is 12.4. The maximum absolute atomic E-state index is 5.44. The minimum atomic E-state index is 0.176. The first-order valence-electron chi connectivity index (χ1n) is 7.00. The third-order valence-electron chi connectivity index (χ3n) is 3.89. The van der Waals surface area contributed by atoms with Crippen LogP contribution in [0.3, 0.4) is 0 Å². The summed E-state index contributed by atoms with van der Waals surface area (Å²) >= 11 is 0. The fourth-order valence-electron chi connectivity index (χ4n) is 2.89. The van der Waals surface area contributed by atoms with Crippen LogP contribution in [0.25, 0.3) is 0 Å². The van der Waals surface area contributed by atoms with Gasteiger partial charge in [0, 0.05) is 18.3 Å². The summed E-state index contributed by atoms with van der Waals surface area (Å²) in [5, 5.41) is 3.36. The molecule has 0 saturated heterocycles. The lowest BCUT2D eigenvalue weighted by atomic mass is 9.80. The summed E-state index contributed by atoms with van der Waals surface area (Å²) in [6.07, 6.45) is 5.75. The molecule has 2 aliphatic rings. The van der Waals surface area contributed by atoms with Gasteiger partial charge >= 0.3 is 0 Å². The van der Waals surface area contributed by atoms with Gasteiger partial charge in [0.2, 0.25) is 0 Å². The lowest BCUT2D eigenvalue weighted by Gasteiger charge is -2.32. The van der Waals surface area contributed by atoms with Crippen molar-refractivity contribution in [2.24, 2.45) is 10.9 Å². The topological polar surface area (TPSA) is 59.4 Å². The van der Waals surface area contributed by atoms with Gasteiger partial charge in [-0.15, -0.1) is 0 Å². The van der Waals surface area contributed by atoms with Crippen molar-refractivity contribution >= 4 is 6.02 Å². The standard InChI is InChI=1S/C14H20N4O/c1-9(2)10-3-4-11(18-14-17-7-8-19-14)13-12(10)15-5-6-16-13/h5-6,9-11H,3-4,7-8H2,1-2H3,(H,17,18). The Bertz CT molecular complexity index is 486. The highest BCUT2D eigenvalue weighted by molar-refractivity contribution is 5.75. The Labute approximate surface area is 113 Å². The molecule has 2 heterocycles. The summed E-state index contributed by atoms with van der Waals surface area (Å²) < 4.78 is 5.44. The van der Waals surface area contributed by atoms with Crippen LogP contribution in [0, 0.1) is 5.92 Å². The van der Waals surface area contributed by atoms with Crippen molar-refractivity contribution in [2.45, 2.75) is 38.6 Å². The van der Waals surface area contributed by atoms with E-state index in [2.05, 4.69) is 34.1 Å². The average molecular weight is 260 g/mol. The highest BCUT2D eigenvalue weighted by Crippen LogP contribution is 2.38. The first-order valence-corrected chi connectivity index (χ1v) is 7.00. The molecule has 2 atom stereocenters. The molecule has 19 heavy (non-hydrogen) atoms. The number of aromatic nitrogens is 2. The number of aliphatic imine (C=N–C) groups is 1. The van der Waals surface area contributed by atoms with Gasteiger partial charge in [0.05, 0.1) is 24.0 Å². The summed E-state index contributed by atoms with van der Waals surface area (Å²) in [5.41, 5.74) is 2.20. The second-order valence-corrected chi connectivity index (χ2v) is 5.49. The van der Waals surface area contributed by atoms with E-state index in [0.29, 0.717) is 24.5 Å². The third kappa shape index (κ3) is 2.41. The predicted molar refractivity (Wildman–Crippen MR) is 73.0 cm³/mol. The summed E-state index contributed by atoms with van der Waals surface area (Å²) in [6.45, 7) is 5.93. The van der Waals surface area contributed by atoms with E-state index in [9.17, 15) is 0 Å². The number of nitrogens with zero attached hydrogens (tertiary/aromatic N) is 3. The van der Waals surface area contributed by atoms with Crippen LogP contribution in [-0.4, -0.2) is 29.1 Å². The quantitative estimate of drug-likeness (QED) is 0.884. The molecular weight excluding hydrogens is 240 g/mol. The van der Waals surface area contributed by atoms with Gasteiger partial charge in [0.15, 0.2) is 0 Å². The van der Waals surface area contributed by atoms with Gasteiger partial charge < -0.3 is 10.1 Å². The number of ether oxygens (including phenoxy) is 1. The van der Waals surface area contributed by atoms with Gasteiger partial charge in [-0.3, -0.25) is 9.97 Å². The molecule has 1 aliphatic heterocycles. The van der Waals surface area contributed by atoms with Crippen molar-refractivity contribution in [3.63, 3.8) is 0 Å². The average Bonchev–Trinajstić information content (AvgIpc) is 2.91. The summed E-state index contributed by atoms with van der Waals surface area (Å²) in [5.74, 6) is 1.10. The summed E-state index contributed by atoms with van der Waals surface area (Å²) in [4.78, 5) is 13.4. The molecule has 0 aromatic carbocycles. The molecule has 5 heteroatoms. The van der Waals surface area contributed by atoms with Crippen molar-refractivity contribution in [3.05, 3.63) is 23.8 Å². The molecule has 1 aromatic heterocycles. The van der Waals surface area contributed by atoms with E-state index in [0.717, 1.165) is 30.8 Å². The van der Waals surface area contributed by atoms with E-state index in [1.165, 1.54) is 0 Å². The van der Waals surface area contributed by atoms with Gasteiger partial charge in [-0.2, -0.15) is 0 Å². The lowest BCUT2D eigenvalue weighted by Crippen LogP contribution is -2.34. The number of fused-ring (bicyclic) bond motifs is 1. The Morgan fingerprint density at radius 2 is 2.00 bits per heavy atom. The molecule has 3 rings (SSSR count). The summed E-state index contributed by atoms with van der Waals surface area (Å²) in [7, 11) is 0. The molecule has 2 unspecified atom stereocenters. The minimum absolute atomic E-state index is 0.176. The Kier molecular flexibility index (Phi) is 3.36. The van der Waals surface area contributed by atoms with Crippen molar-refractivity contribution < 1.29 is 4.74 Å². The molecule has 5 nitrogen and oxygen atoms in total. The van der Waals surface area contributed by atoms with Crippen LogP contribution in [-0.2, 0) is 4.74 Å². The Morgan fingerprint density at radius 3 is 2.68 bits per heavy atom. The predicted octanol–water partition coefficient (Wildman–Crippen LogP) is 2.03. The molecule has 102 valence electrons. The maximum atomic E-state index is 5.44. The fraction of sp³-hybridized carbons (Fsp3) is 0.643. The zero-order chi connectivity index (χ0) is 13.2. The molecule has 0 amide bonds. The fourth-order valence-corrected chi connectivity index (χ4v) is 2.89. The van der Waals surface area contributed by atoms with Crippen LogP contribution in [0.15, 0.2) is 17.4 Å². The lowest BCUT2D eigenvalue weighted by molar-refractivity contribution is 0.311. The highest BCUT2D eigenvalue weighted by Gasteiger charge is 2.32. The second-order valence-electron chi connectivity index (χ2n) is 5.49. The SMILES string of the molecule is CC(C)C1CCC(NC2=NCCO2)c2nccnc21. The van der Waals surface area contributed by atoms with Crippen LogP contribution in [0.1, 0.15) is 50.0 Å². The van der Waals surface area contributed by atoms with Crippen LogP contribution >= 0.6 is 0 Å². The molecule has 1 N–H and O–H groups in total. The van der Waals surface area contributed by atoms with Gasteiger partial charge in [-0.25, -0.2) is 4.99 Å². The maximum Gasteiger partial charge on any atom is 0.285 e. The molecule has 1 aromatic rings. The monoisotopic (exact) mass is 260 g/mol. The number of amidine groups is 1. The van der Waals surface area contributed by atoms with Crippen LogP contribution in [0.4, 0.5) is 0 Å². The number of hydrogen-bond acceptors (Lipinski definition) is 5. The molecule has 0 radical (unpaired) electrons. The van der Waals surface area contributed by atoms with Gasteiger partial charge in [0.25, 0.3) is 6.02 Å². The van der Waals surface area contributed by atoms with E-state index in [4.69, 9.17) is 4.74 Å². The van der Waals surface area contributed by atoms with Crippen molar-refractivity contribution in [1.82, 2.24) is 15.3 Å². The Balaban J connectivity index is 1.85. The summed E-state index contributed by atoms with van der Waals surface area (Å²) in [6, 6.07) is 0.833. The molecule has 0 saturated carbocycles. The molecule has 0 fully saturated rings.